The van der Waals surface area contributed by atoms with Gasteiger partial charge in [0.25, 0.3) is 0 Å². The predicted octanol–water partition coefficient (Wildman–Crippen LogP) is 4.36. The van der Waals surface area contributed by atoms with Gasteiger partial charge in [-0.3, -0.25) is 0 Å². The minimum Gasteiger partial charge on any atom is -0.372 e. The molecular formula is C16H20IN3. The van der Waals surface area contributed by atoms with Gasteiger partial charge in [-0.1, -0.05) is 30.5 Å². The van der Waals surface area contributed by atoms with Crippen molar-refractivity contribution in [1.82, 2.24) is 9.97 Å². The first kappa shape index (κ1) is 15.2. The largest absolute Gasteiger partial charge is 0.372 e. The molecule has 0 aliphatic rings. The predicted molar refractivity (Wildman–Crippen MR) is 93.2 cm³/mol. The highest BCUT2D eigenvalue weighted by Crippen LogP contribution is 2.25. The number of anilines is 1. The van der Waals surface area contributed by atoms with Crippen LogP contribution in [0.3, 0.4) is 0 Å². The molecule has 0 aliphatic carbocycles. The molecule has 0 saturated carbocycles. The Bertz CT molecular complexity index is 603. The number of aryl methyl sites for hydroxylation is 3. The van der Waals surface area contributed by atoms with Crippen LogP contribution in [0.25, 0.3) is 11.4 Å². The maximum absolute atomic E-state index is 4.76. The van der Waals surface area contributed by atoms with E-state index in [1.807, 2.05) is 7.05 Å². The fourth-order valence-corrected chi connectivity index (χ4v) is 3.08. The zero-order valence-corrected chi connectivity index (χ0v) is 14.6. The topological polar surface area (TPSA) is 37.8 Å². The molecule has 0 atom stereocenters. The van der Waals surface area contributed by atoms with Gasteiger partial charge in [0.1, 0.15) is 5.82 Å². The standard InChI is InChI=1S/C16H20IN3/c1-5-6-13-14(17)16(18-4)20-15(19-13)12-8-10(2)7-11(3)9-12/h7-9H,5-6H2,1-4H3,(H,18,19,20). The Labute approximate surface area is 134 Å². The van der Waals surface area contributed by atoms with Crippen molar-refractivity contribution in [2.75, 3.05) is 12.4 Å². The highest BCUT2D eigenvalue weighted by molar-refractivity contribution is 14.1. The lowest BCUT2D eigenvalue weighted by Gasteiger charge is -2.11. The number of aromatic nitrogens is 2. The zero-order chi connectivity index (χ0) is 14.7. The molecule has 3 nitrogen and oxygen atoms in total. The van der Waals surface area contributed by atoms with Crippen molar-refractivity contribution in [3.63, 3.8) is 0 Å². The summed E-state index contributed by atoms with van der Waals surface area (Å²) < 4.78 is 1.13. The average Bonchev–Trinajstić information content (AvgIpc) is 2.40. The van der Waals surface area contributed by atoms with Crippen LogP contribution < -0.4 is 5.32 Å². The first-order valence-electron chi connectivity index (χ1n) is 6.88. The molecule has 0 unspecified atom stereocenters. The van der Waals surface area contributed by atoms with Gasteiger partial charge < -0.3 is 5.32 Å². The van der Waals surface area contributed by atoms with Crippen molar-refractivity contribution < 1.29 is 0 Å². The van der Waals surface area contributed by atoms with Gasteiger partial charge in [-0.2, -0.15) is 0 Å². The molecule has 0 bridgehead atoms. The van der Waals surface area contributed by atoms with E-state index in [0.717, 1.165) is 39.3 Å². The third kappa shape index (κ3) is 3.29. The second kappa shape index (κ2) is 6.52. The summed E-state index contributed by atoms with van der Waals surface area (Å²) in [4.78, 5) is 9.42. The summed E-state index contributed by atoms with van der Waals surface area (Å²) in [5.41, 5.74) is 4.70. The van der Waals surface area contributed by atoms with E-state index < -0.39 is 0 Å². The Balaban J connectivity index is 2.58. The normalized spacial score (nSPS) is 10.7. The second-order valence-electron chi connectivity index (χ2n) is 5.03. The molecule has 0 fully saturated rings. The smallest absolute Gasteiger partial charge is 0.161 e. The Kier molecular flexibility index (Phi) is 4.96. The van der Waals surface area contributed by atoms with Crippen LogP contribution >= 0.6 is 22.6 Å². The lowest BCUT2D eigenvalue weighted by molar-refractivity contribution is 0.868. The number of benzene rings is 1. The summed E-state index contributed by atoms with van der Waals surface area (Å²) in [6.45, 7) is 6.39. The third-order valence-corrected chi connectivity index (χ3v) is 4.26. The van der Waals surface area contributed by atoms with Gasteiger partial charge in [0, 0.05) is 12.6 Å². The highest BCUT2D eigenvalue weighted by atomic mass is 127. The van der Waals surface area contributed by atoms with Gasteiger partial charge in [-0.15, -0.1) is 0 Å². The summed E-state index contributed by atoms with van der Waals surface area (Å²) in [7, 11) is 1.91. The summed E-state index contributed by atoms with van der Waals surface area (Å²) in [5.74, 6) is 1.73. The molecule has 1 N–H and O–H groups in total. The van der Waals surface area contributed by atoms with Crippen LogP contribution in [0.2, 0.25) is 0 Å². The van der Waals surface area contributed by atoms with Crippen molar-refractivity contribution >= 4 is 28.4 Å². The molecule has 0 spiro atoms. The summed E-state index contributed by atoms with van der Waals surface area (Å²) in [6.07, 6.45) is 2.07. The minimum absolute atomic E-state index is 0.810. The average molecular weight is 381 g/mol. The molecule has 0 amide bonds. The van der Waals surface area contributed by atoms with Crippen molar-refractivity contribution in [1.29, 1.82) is 0 Å². The second-order valence-corrected chi connectivity index (χ2v) is 6.11. The fraction of sp³-hybridized carbons (Fsp3) is 0.375. The molecule has 1 heterocycles. The molecule has 0 saturated heterocycles. The summed E-state index contributed by atoms with van der Waals surface area (Å²) in [5, 5.41) is 3.17. The van der Waals surface area contributed by atoms with E-state index >= 15 is 0 Å². The van der Waals surface area contributed by atoms with Crippen LogP contribution in [-0.2, 0) is 6.42 Å². The van der Waals surface area contributed by atoms with E-state index in [-0.39, 0.29) is 0 Å². The molecule has 106 valence electrons. The SMILES string of the molecule is CCCc1nc(-c2cc(C)cc(C)c2)nc(NC)c1I. The van der Waals surface area contributed by atoms with Gasteiger partial charge in [-0.25, -0.2) is 9.97 Å². The Hall–Kier alpha value is -1.17. The Morgan fingerprint density at radius 1 is 1.10 bits per heavy atom. The van der Waals surface area contributed by atoms with E-state index in [9.17, 15) is 0 Å². The molecule has 0 radical (unpaired) electrons. The van der Waals surface area contributed by atoms with E-state index in [4.69, 9.17) is 4.98 Å². The molecule has 0 aliphatic heterocycles. The zero-order valence-electron chi connectivity index (χ0n) is 12.4. The molecule has 20 heavy (non-hydrogen) atoms. The number of nitrogens with zero attached hydrogens (tertiary/aromatic N) is 2. The molecule has 1 aromatic heterocycles. The van der Waals surface area contributed by atoms with Crippen LogP contribution in [0.1, 0.15) is 30.2 Å². The molecule has 2 aromatic rings. The molecule has 4 heteroatoms. The van der Waals surface area contributed by atoms with Crippen molar-refractivity contribution in [2.45, 2.75) is 33.6 Å². The quantitative estimate of drug-likeness (QED) is 0.800. The van der Waals surface area contributed by atoms with Crippen LogP contribution in [-0.4, -0.2) is 17.0 Å². The summed E-state index contributed by atoms with van der Waals surface area (Å²) >= 11 is 2.33. The monoisotopic (exact) mass is 381 g/mol. The van der Waals surface area contributed by atoms with Gasteiger partial charge >= 0.3 is 0 Å². The van der Waals surface area contributed by atoms with Crippen LogP contribution in [0.5, 0.6) is 0 Å². The van der Waals surface area contributed by atoms with Crippen LogP contribution in [0, 0.1) is 17.4 Å². The first-order valence-corrected chi connectivity index (χ1v) is 7.95. The maximum atomic E-state index is 4.76. The number of hydrogen-bond acceptors (Lipinski definition) is 3. The van der Waals surface area contributed by atoms with Crippen molar-refractivity contribution in [2.24, 2.45) is 0 Å². The Morgan fingerprint density at radius 2 is 1.75 bits per heavy atom. The lowest BCUT2D eigenvalue weighted by Crippen LogP contribution is -2.05. The lowest BCUT2D eigenvalue weighted by atomic mass is 10.1. The first-order chi connectivity index (χ1) is 9.55. The van der Waals surface area contributed by atoms with Crippen LogP contribution in [0.15, 0.2) is 18.2 Å². The van der Waals surface area contributed by atoms with Crippen LogP contribution in [0.4, 0.5) is 5.82 Å². The molecule has 1 aromatic carbocycles. The van der Waals surface area contributed by atoms with Crippen molar-refractivity contribution in [3.05, 3.63) is 38.6 Å². The number of hydrogen-bond donors (Lipinski definition) is 1. The third-order valence-electron chi connectivity index (χ3n) is 3.12. The molecular weight excluding hydrogens is 361 g/mol. The fourth-order valence-electron chi connectivity index (χ4n) is 2.29. The minimum atomic E-state index is 0.810. The van der Waals surface area contributed by atoms with Gasteiger partial charge in [0.2, 0.25) is 0 Å². The maximum Gasteiger partial charge on any atom is 0.161 e. The Morgan fingerprint density at radius 3 is 2.30 bits per heavy atom. The highest BCUT2D eigenvalue weighted by Gasteiger charge is 2.12. The van der Waals surface area contributed by atoms with Gasteiger partial charge in [0.05, 0.1) is 9.26 Å². The summed E-state index contributed by atoms with van der Waals surface area (Å²) in [6, 6.07) is 6.46. The van der Waals surface area contributed by atoms with E-state index in [1.54, 1.807) is 0 Å². The molecule has 2 rings (SSSR count). The number of nitrogens with one attached hydrogen (secondary N) is 1. The van der Waals surface area contributed by atoms with Crippen molar-refractivity contribution in [3.8, 4) is 11.4 Å². The van der Waals surface area contributed by atoms with E-state index in [2.05, 4.69) is 71.9 Å². The number of rotatable bonds is 4. The van der Waals surface area contributed by atoms with Gasteiger partial charge in [-0.05, 0) is 55.0 Å². The van der Waals surface area contributed by atoms with E-state index in [1.165, 1.54) is 11.1 Å². The number of halogens is 1. The van der Waals surface area contributed by atoms with E-state index in [0.29, 0.717) is 0 Å². The van der Waals surface area contributed by atoms with Gasteiger partial charge in [0.15, 0.2) is 5.82 Å².